The Morgan fingerprint density at radius 1 is 1.18 bits per heavy atom. The zero-order valence-corrected chi connectivity index (χ0v) is 11.6. The Bertz CT molecular complexity index is 243. The standard InChI is InChI=1S/C15H29NO/c1-3-13-6-4-7-14(12-13)15(17)8-5-10-16(2)11-9-15/h13-14,17H,3-12H2,1-2H3. The summed E-state index contributed by atoms with van der Waals surface area (Å²) in [5, 5.41) is 11.0. The SMILES string of the molecule is CCC1CCCC(C2(O)CCCN(C)CC2)C1. The average Bonchev–Trinajstić information content (AvgIpc) is 2.53. The van der Waals surface area contributed by atoms with E-state index in [0.29, 0.717) is 5.92 Å². The van der Waals surface area contributed by atoms with Crippen LogP contribution in [0, 0.1) is 11.8 Å². The quantitative estimate of drug-likeness (QED) is 0.800. The molecule has 1 saturated heterocycles. The van der Waals surface area contributed by atoms with E-state index < -0.39 is 0 Å². The molecule has 100 valence electrons. The van der Waals surface area contributed by atoms with Crippen molar-refractivity contribution in [2.24, 2.45) is 11.8 Å². The lowest BCUT2D eigenvalue weighted by Gasteiger charge is -2.40. The molecular weight excluding hydrogens is 210 g/mol. The fraction of sp³-hybridized carbons (Fsp3) is 1.00. The normalized spacial score (nSPS) is 41.1. The van der Waals surface area contributed by atoms with E-state index in [0.717, 1.165) is 31.8 Å². The molecule has 2 heteroatoms. The van der Waals surface area contributed by atoms with Gasteiger partial charge in [-0.2, -0.15) is 0 Å². The lowest BCUT2D eigenvalue weighted by molar-refractivity contribution is -0.0522. The van der Waals surface area contributed by atoms with Gasteiger partial charge in [-0.05, 0) is 57.5 Å². The van der Waals surface area contributed by atoms with E-state index in [1.807, 2.05) is 0 Å². The van der Waals surface area contributed by atoms with Gasteiger partial charge in [-0.15, -0.1) is 0 Å². The van der Waals surface area contributed by atoms with Crippen LogP contribution in [0.5, 0.6) is 0 Å². The molecule has 0 aromatic heterocycles. The van der Waals surface area contributed by atoms with E-state index >= 15 is 0 Å². The van der Waals surface area contributed by atoms with Crippen molar-refractivity contribution in [3.8, 4) is 0 Å². The van der Waals surface area contributed by atoms with Crippen molar-refractivity contribution in [3.63, 3.8) is 0 Å². The van der Waals surface area contributed by atoms with Crippen molar-refractivity contribution in [2.45, 2.75) is 63.9 Å². The third-order valence-corrected chi connectivity index (χ3v) is 5.20. The molecule has 1 aliphatic heterocycles. The summed E-state index contributed by atoms with van der Waals surface area (Å²) >= 11 is 0. The second kappa shape index (κ2) is 5.71. The van der Waals surface area contributed by atoms with Crippen LogP contribution in [0.4, 0.5) is 0 Å². The maximum absolute atomic E-state index is 11.0. The molecule has 0 radical (unpaired) electrons. The highest BCUT2D eigenvalue weighted by Gasteiger charge is 2.39. The summed E-state index contributed by atoms with van der Waals surface area (Å²) in [5.74, 6) is 1.45. The molecule has 1 heterocycles. The molecule has 2 rings (SSSR count). The summed E-state index contributed by atoms with van der Waals surface area (Å²) in [7, 11) is 2.18. The first-order valence-corrected chi connectivity index (χ1v) is 7.55. The van der Waals surface area contributed by atoms with Gasteiger partial charge in [0.15, 0.2) is 0 Å². The van der Waals surface area contributed by atoms with E-state index in [9.17, 15) is 5.11 Å². The van der Waals surface area contributed by atoms with Crippen LogP contribution in [-0.4, -0.2) is 35.7 Å². The van der Waals surface area contributed by atoms with E-state index in [-0.39, 0.29) is 5.60 Å². The topological polar surface area (TPSA) is 23.5 Å². The van der Waals surface area contributed by atoms with Crippen molar-refractivity contribution in [1.82, 2.24) is 4.90 Å². The highest BCUT2D eigenvalue weighted by Crippen LogP contribution is 2.41. The Balaban J connectivity index is 1.98. The summed E-state index contributed by atoms with van der Waals surface area (Å²) in [5.41, 5.74) is -0.349. The van der Waals surface area contributed by atoms with Crippen LogP contribution in [-0.2, 0) is 0 Å². The Labute approximate surface area is 106 Å². The molecule has 1 N–H and O–H groups in total. The van der Waals surface area contributed by atoms with Crippen LogP contribution in [0.3, 0.4) is 0 Å². The maximum atomic E-state index is 11.0. The van der Waals surface area contributed by atoms with Crippen LogP contribution >= 0.6 is 0 Å². The van der Waals surface area contributed by atoms with Gasteiger partial charge >= 0.3 is 0 Å². The average molecular weight is 239 g/mol. The fourth-order valence-corrected chi connectivity index (χ4v) is 3.83. The van der Waals surface area contributed by atoms with Gasteiger partial charge in [-0.25, -0.2) is 0 Å². The number of likely N-dealkylation sites (tertiary alicyclic amines) is 1. The largest absolute Gasteiger partial charge is 0.390 e. The predicted molar refractivity (Wildman–Crippen MR) is 72.0 cm³/mol. The minimum absolute atomic E-state index is 0.349. The Morgan fingerprint density at radius 2 is 2.00 bits per heavy atom. The van der Waals surface area contributed by atoms with E-state index in [1.54, 1.807) is 0 Å². The second-order valence-corrected chi connectivity index (χ2v) is 6.40. The first-order chi connectivity index (χ1) is 8.14. The molecule has 17 heavy (non-hydrogen) atoms. The molecule has 0 bridgehead atoms. The second-order valence-electron chi connectivity index (χ2n) is 6.40. The Kier molecular flexibility index (Phi) is 4.48. The lowest BCUT2D eigenvalue weighted by atomic mass is 9.69. The van der Waals surface area contributed by atoms with Crippen LogP contribution in [0.15, 0.2) is 0 Å². The summed E-state index contributed by atoms with van der Waals surface area (Å²) in [6, 6.07) is 0. The highest BCUT2D eigenvalue weighted by molar-refractivity contribution is 4.92. The van der Waals surface area contributed by atoms with E-state index in [4.69, 9.17) is 0 Å². The summed E-state index contributed by atoms with van der Waals surface area (Å²) in [4.78, 5) is 2.37. The lowest BCUT2D eigenvalue weighted by Crippen LogP contribution is -2.41. The van der Waals surface area contributed by atoms with Crippen molar-refractivity contribution in [2.75, 3.05) is 20.1 Å². The van der Waals surface area contributed by atoms with Gasteiger partial charge in [-0.3, -0.25) is 0 Å². The smallest absolute Gasteiger partial charge is 0.0688 e. The molecule has 0 aromatic carbocycles. The third kappa shape index (κ3) is 3.23. The minimum atomic E-state index is -0.349. The molecule has 0 amide bonds. The van der Waals surface area contributed by atoms with Gasteiger partial charge in [0.2, 0.25) is 0 Å². The summed E-state index contributed by atoms with van der Waals surface area (Å²) < 4.78 is 0. The summed E-state index contributed by atoms with van der Waals surface area (Å²) in [6.45, 7) is 4.54. The molecule has 2 aliphatic rings. The van der Waals surface area contributed by atoms with E-state index in [2.05, 4.69) is 18.9 Å². The van der Waals surface area contributed by atoms with Crippen molar-refractivity contribution in [1.29, 1.82) is 0 Å². The predicted octanol–water partition coefficient (Wildman–Crippen LogP) is 3.05. The molecule has 2 fully saturated rings. The molecule has 1 saturated carbocycles. The zero-order chi connectivity index (χ0) is 12.3. The van der Waals surface area contributed by atoms with Gasteiger partial charge in [0.1, 0.15) is 0 Å². The number of aliphatic hydroxyl groups is 1. The molecular formula is C15H29NO. The van der Waals surface area contributed by atoms with Gasteiger partial charge in [-0.1, -0.05) is 26.2 Å². The highest BCUT2D eigenvalue weighted by atomic mass is 16.3. The van der Waals surface area contributed by atoms with Crippen LogP contribution in [0.1, 0.15) is 58.3 Å². The van der Waals surface area contributed by atoms with Gasteiger partial charge in [0.25, 0.3) is 0 Å². The van der Waals surface area contributed by atoms with Crippen LogP contribution in [0.2, 0.25) is 0 Å². The monoisotopic (exact) mass is 239 g/mol. The van der Waals surface area contributed by atoms with Crippen molar-refractivity contribution < 1.29 is 5.11 Å². The van der Waals surface area contributed by atoms with Gasteiger partial charge in [0, 0.05) is 6.54 Å². The summed E-state index contributed by atoms with van der Waals surface area (Å²) in [6.07, 6.45) is 9.74. The number of nitrogens with zero attached hydrogens (tertiary/aromatic N) is 1. The third-order valence-electron chi connectivity index (χ3n) is 5.20. The first-order valence-electron chi connectivity index (χ1n) is 7.55. The van der Waals surface area contributed by atoms with Crippen LogP contribution in [0.25, 0.3) is 0 Å². The van der Waals surface area contributed by atoms with Gasteiger partial charge in [0.05, 0.1) is 5.60 Å². The molecule has 2 nitrogen and oxygen atoms in total. The number of rotatable bonds is 2. The first kappa shape index (κ1) is 13.4. The number of hydrogen-bond donors (Lipinski definition) is 1. The molecule has 0 spiro atoms. The maximum Gasteiger partial charge on any atom is 0.0688 e. The zero-order valence-electron chi connectivity index (χ0n) is 11.6. The minimum Gasteiger partial charge on any atom is -0.390 e. The molecule has 0 aromatic rings. The molecule has 3 unspecified atom stereocenters. The molecule has 1 aliphatic carbocycles. The van der Waals surface area contributed by atoms with Crippen LogP contribution < -0.4 is 0 Å². The molecule has 3 atom stereocenters. The Morgan fingerprint density at radius 3 is 2.76 bits per heavy atom. The van der Waals surface area contributed by atoms with Crippen molar-refractivity contribution >= 4 is 0 Å². The van der Waals surface area contributed by atoms with Crippen molar-refractivity contribution in [3.05, 3.63) is 0 Å². The van der Waals surface area contributed by atoms with Gasteiger partial charge < -0.3 is 10.0 Å². The number of hydrogen-bond acceptors (Lipinski definition) is 2. The van der Waals surface area contributed by atoms with E-state index in [1.165, 1.54) is 38.5 Å². The fourth-order valence-electron chi connectivity index (χ4n) is 3.83. The Hall–Kier alpha value is -0.0800.